The van der Waals surface area contributed by atoms with Gasteiger partial charge in [-0.2, -0.15) is 0 Å². The SMILES string of the molecule is C=C(CCCNC(=O)N(CCO)CCNC(=N)N)C(=O)O. The van der Waals surface area contributed by atoms with Crippen LogP contribution >= 0.6 is 0 Å². The molecule has 9 nitrogen and oxygen atoms in total. The third-order valence-corrected chi connectivity index (χ3v) is 2.59. The number of rotatable bonds is 10. The number of nitrogens with two attached hydrogens (primary N) is 1. The van der Waals surface area contributed by atoms with Crippen molar-refractivity contribution < 1.29 is 19.8 Å². The van der Waals surface area contributed by atoms with Crippen molar-refractivity contribution in [2.24, 2.45) is 5.73 Å². The van der Waals surface area contributed by atoms with E-state index in [9.17, 15) is 9.59 Å². The van der Waals surface area contributed by atoms with Crippen molar-refractivity contribution in [1.29, 1.82) is 5.41 Å². The summed E-state index contributed by atoms with van der Waals surface area (Å²) in [4.78, 5) is 23.8. The maximum Gasteiger partial charge on any atom is 0.330 e. The molecule has 0 heterocycles. The highest BCUT2D eigenvalue weighted by Gasteiger charge is 2.12. The zero-order valence-electron chi connectivity index (χ0n) is 11.9. The number of guanidine groups is 1. The average molecular weight is 301 g/mol. The maximum absolute atomic E-state index is 11.8. The Balaban J connectivity index is 4.02. The Hall–Kier alpha value is -2.29. The molecule has 0 fully saturated rings. The van der Waals surface area contributed by atoms with Crippen LogP contribution < -0.4 is 16.4 Å². The standard InChI is InChI=1S/C12H23N5O4/c1-9(10(19)20)3-2-4-16-12(21)17(7-8-18)6-5-15-11(13)14/h18H,1-8H2,(H,16,21)(H,19,20)(H4,13,14,15). The van der Waals surface area contributed by atoms with E-state index in [-0.39, 0.29) is 37.3 Å². The molecule has 0 radical (unpaired) electrons. The molecule has 0 aliphatic heterocycles. The first-order valence-corrected chi connectivity index (χ1v) is 6.51. The van der Waals surface area contributed by atoms with Gasteiger partial charge in [0.05, 0.1) is 6.61 Å². The molecule has 120 valence electrons. The molecule has 0 aliphatic carbocycles. The number of hydrogen-bond donors (Lipinski definition) is 6. The molecule has 0 saturated carbocycles. The van der Waals surface area contributed by atoms with Gasteiger partial charge in [-0.05, 0) is 12.8 Å². The lowest BCUT2D eigenvalue weighted by Gasteiger charge is -2.22. The van der Waals surface area contributed by atoms with E-state index in [1.807, 2.05) is 0 Å². The van der Waals surface area contributed by atoms with Crippen LogP contribution in [0.3, 0.4) is 0 Å². The summed E-state index contributed by atoms with van der Waals surface area (Å²) >= 11 is 0. The topological polar surface area (TPSA) is 152 Å². The van der Waals surface area contributed by atoms with Crippen molar-refractivity contribution >= 4 is 18.0 Å². The lowest BCUT2D eigenvalue weighted by Crippen LogP contribution is -2.46. The van der Waals surface area contributed by atoms with Crippen molar-refractivity contribution in [2.45, 2.75) is 12.8 Å². The normalized spacial score (nSPS) is 9.76. The first-order valence-electron chi connectivity index (χ1n) is 6.51. The fourth-order valence-electron chi connectivity index (χ4n) is 1.48. The first-order chi connectivity index (χ1) is 9.88. The Morgan fingerprint density at radius 1 is 1.24 bits per heavy atom. The second kappa shape index (κ2) is 10.5. The van der Waals surface area contributed by atoms with E-state index in [2.05, 4.69) is 17.2 Å². The lowest BCUT2D eigenvalue weighted by molar-refractivity contribution is -0.132. The molecule has 0 spiro atoms. The molecular formula is C12H23N5O4. The summed E-state index contributed by atoms with van der Waals surface area (Å²) < 4.78 is 0. The van der Waals surface area contributed by atoms with Crippen molar-refractivity contribution in [3.63, 3.8) is 0 Å². The van der Waals surface area contributed by atoms with Crippen LogP contribution in [0.2, 0.25) is 0 Å². The highest BCUT2D eigenvalue weighted by Crippen LogP contribution is 2.01. The summed E-state index contributed by atoms with van der Waals surface area (Å²) in [7, 11) is 0. The van der Waals surface area contributed by atoms with Gasteiger partial charge in [0.2, 0.25) is 0 Å². The highest BCUT2D eigenvalue weighted by molar-refractivity contribution is 5.85. The minimum absolute atomic E-state index is 0.0992. The summed E-state index contributed by atoms with van der Waals surface area (Å²) in [6.45, 7) is 4.28. The predicted octanol–water partition coefficient (Wildman–Crippen LogP) is -1.11. The van der Waals surface area contributed by atoms with E-state index >= 15 is 0 Å². The lowest BCUT2D eigenvalue weighted by atomic mass is 10.2. The third kappa shape index (κ3) is 9.27. The zero-order valence-corrected chi connectivity index (χ0v) is 11.9. The fourth-order valence-corrected chi connectivity index (χ4v) is 1.48. The van der Waals surface area contributed by atoms with Gasteiger partial charge in [-0.3, -0.25) is 5.41 Å². The fraction of sp³-hybridized carbons (Fsp3) is 0.583. The van der Waals surface area contributed by atoms with Gasteiger partial charge in [-0.1, -0.05) is 6.58 Å². The molecule has 0 aromatic carbocycles. The molecule has 9 heteroatoms. The second-order valence-electron chi connectivity index (χ2n) is 4.30. The molecule has 0 saturated heterocycles. The van der Waals surface area contributed by atoms with Gasteiger partial charge in [0.25, 0.3) is 0 Å². The monoisotopic (exact) mass is 301 g/mol. The van der Waals surface area contributed by atoms with E-state index in [1.54, 1.807) is 0 Å². The molecule has 0 unspecified atom stereocenters. The van der Waals surface area contributed by atoms with E-state index in [0.29, 0.717) is 25.9 Å². The van der Waals surface area contributed by atoms with Gasteiger partial charge >= 0.3 is 12.0 Å². The van der Waals surface area contributed by atoms with Crippen LogP contribution in [0.5, 0.6) is 0 Å². The Morgan fingerprint density at radius 3 is 2.43 bits per heavy atom. The molecule has 0 aromatic rings. The van der Waals surface area contributed by atoms with E-state index in [4.69, 9.17) is 21.4 Å². The van der Waals surface area contributed by atoms with E-state index in [0.717, 1.165) is 0 Å². The molecule has 7 N–H and O–H groups in total. The number of carboxylic acids is 1. The van der Waals surface area contributed by atoms with Crippen LogP contribution in [0.4, 0.5) is 4.79 Å². The first kappa shape index (κ1) is 18.7. The molecule has 0 bridgehead atoms. The van der Waals surface area contributed by atoms with Crippen LogP contribution in [-0.4, -0.2) is 65.9 Å². The van der Waals surface area contributed by atoms with Gasteiger partial charge in [-0.25, -0.2) is 9.59 Å². The number of carbonyl (C=O) groups is 2. The largest absolute Gasteiger partial charge is 0.478 e. The van der Waals surface area contributed by atoms with Crippen LogP contribution in [0.1, 0.15) is 12.8 Å². The average Bonchev–Trinajstić information content (AvgIpc) is 2.41. The van der Waals surface area contributed by atoms with Crippen molar-refractivity contribution in [3.05, 3.63) is 12.2 Å². The minimum Gasteiger partial charge on any atom is -0.478 e. The van der Waals surface area contributed by atoms with E-state index < -0.39 is 5.97 Å². The van der Waals surface area contributed by atoms with Crippen LogP contribution in [0.15, 0.2) is 12.2 Å². The van der Waals surface area contributed by atoms with Gasteiger partial charge in [0.1, 0.15) is 0 Å². The van der Waals surface area contributed by atoms with Crippen LogP contribution in [0.25, 0.3) is 0 Å². The number of nitrogens with zero attached hydrogens (tertiary/aromatic N) is 1. The smallest absolute Gasteiger partial charge is 0.330 e. The minimum atomic E-state index is -1.04. The second-order valence-corrected chi connectivity index (χ2v) is 4.30. The van der Waals surface area contributed by atoms with Crippen LogP contribution in [-0.2, 0) is 4.79 Å². The number of carbonyl (C=O) groups excluding carboxylic acids is 1. The van der Waals surface area contributed by atoms with E-state index in [1.165, 1.54) is 4.90 Å². The molecule has 0 rings (SSSR count). The molecule has 0 atom stereocenters. The quantitative estimate of drug-likeness (QED) is 0.130. The molecule has 21 heavy (non-hydrogen) atoms. The Kier molecular flexibility index (Phi) is 9.35. The van der Waals surface area contributed by atoms with Gasteiger partial charge in [0.15, 0.2) is 5.96 Å². The summed E-state index contributed by atoms with van der Waals surface area (Å²) in [5.41, 5.74) is 5.23. The summed E-state index contributed by atoms with van der Waals surface area (Å²) in [6, 6.07) is -0.365. The van der Waals surface area contributed by atoms with Crippen molar-refractivity contribution in [3.8, 4) is 0 Å². The number of nitrogens with one attached hydrogen (secondary N) is 3. The molecule has 2 amide bonds. The number of carboxylic acid groups (broad SMARTS) is 1. The summed E-state index contributed by atoms with van der Waals surface area (Å²) in [5, 5.41) is 29.7. The van der Waals surface area contributed by atoms with Gasteiger partial charge in [0, 0.05) is 31.8 Å². The Labute approximate surface area is 123 Å². The number of aliphatic hydroxyl groups is 1. The molecular weight excluding hydrogens is 278 g/mol. The Morgan fingerprint density at radius 2 is 1.90 bits per heavy atom. The molecule has 0 aromatic heterocycles. The van der Waals surface area contributed by atoms with Crippen molar-refractivity contribution in [2.75, 3.05) is 32.8 Å². The number of aliphatic hydroxyl groups excluding tert-OH is 1. The summed E-state index contributed by atoms with van der Waals surface area (Å²) in [6.07, 6.45) is 0.761. The van der Waals surface area contributed by atoms with Gasteiger partial charge in [-0.15, -0.1) is 0 Å². The van der Waals surface area contributed by atoms with Gasteiger partial charge < -0.3 is 31.5 Å². The number of amides is 2. The summed E-state index contributed by atoms with van der Waals surface area (Å²) in [5.74, 6) is -1.23. The predicted molar refractivity (Wildman–Crippen MR) is 78.0 cm³/mol. The highest BCUT2D eigenvalue weighted by atomic mass is 16.4. The number of urea groups is 1. The number of hydrogen-bond acceptors (Lipinski definition) is 4. The zero-order chi connectivity index (χ0) is 16.3. The van der Waals surface area contributed by atoms with Crippen LogP contribution in [0, 0.1) is 5.41 Å². The molecule has 0 aliphatic rings. The third-order valence-electron chi connectivity index (χ3n) is 2.59. The maximum atomic E-state index is 11.8. The number of aliphatic carboxylic acids is 1. The Bertz CT molecular complexity index is 386. The van der Waals surface area contributed by atoms with Crippen molar-refractivity contribution in [1.82, 2.24) is 15.5 Å².